The molecule has 0 saturated heterocycles. The Balaban J connectivity index is 0.000000967. The maximum absolute atomic E-state index is 8.12. The zero-order valence-corrected chi connectivity index (χ0v) is 23.0. The summed E-state index contributed by atoms with van der Waals surface area (Å²) in [4.78, 5) is 26.0. The molecule has 0 N–H and O–H groups in total. The van der Waals surface area contributed by atoms with Gasteiger partial charge in [0, 0.05) is 24.1 Å². The summed E-state index contributed by atoms with van der Waals surface area (Å²) in [5, 5.41) is 7.04. The number of hydrogen-bond donors (Lipinski definition) is 0. The van der Waals surface area contributed by atoms with Gasteiger partial charge in [-0.3, -0.25) is 0 Å². The van der Waals surface area contributed by atoms with Gasteiger partial charge in [-0.2, -0.15) is 14.7 Å². The van der Waals surface area contributed by atoms with Gasteiger partial charge in [0.1, 0.15) is 5.82 Å². The SMILES string of the molecule is Cc1nn(-c2nc(-c3ccc(Cl)c(Cl)c3)c(SC(C)C)s2)cc1-c1nc2ccccc2n1C.O=C=O. The van der Waals surface area contributed by atoms with Gasteiger partial charge in [0.2, 0.25) is 5.13 Å². The lowest BCUT2D eigenvalue weighted by atomic mass is 10.2. The van der Waals surface area contributed by atoms with Crippen LogP contribution in [-0.4, -0.2) is 35.7 Å². The third-order valence-corrected chi connectivity index (χ3v) is 8.24. The molecule has 36 heavy (non-hydrogen) atoms. The lowest BCUT2D eigenvalue weighted by Crippen LogP contribution is -1.94. The second kappa shape index (κ2) is 11.0. The molecule has 0 fully saturated rings. The van der Waals surface area contributed by atoms with Crippen molar-refractivity contribution in [2.24, 2.45) is 7.05 Å². The zero-order chi connectivity index (χ0) is 26.0. The molecule has 5 aromatic rings. The van der Waals surface area contributed by atoms with E-state index in [9.17, 15) is 0 Å². The van der Waals surface area contributed by atoms with E-state index in [1.165, 1.54) is 0 Å². The van der Waals surface area contributed by atoms with Crippen LogP contribution in [0.4, 0.5) is 0 Å². The molecular formula is C25H21Cl2N5O2S2. The molecule has 0 amide bonds. The van der Waals surface area contributed by atoms with E-state index in [1.54, 1.807) is 23.1 Å². The van der Waals surface area contributed by atoms with Crippen LogP contribution in [0.3, 0.4) is 0 Å². The number of para-hydroxylation sites is 2. The topological polar surface area (TPSA) is 82.7 Å². The van der Waals surface area contributed by atoms with Gasteiger partial charge in [-0.15, -0.1) is 11.8 Å². The summed E-state index contributed by atoms with van der Waals surface area (Å²) in [5.74, 6) is 0.887. The Morgan fingerprint density at radius 3 is 2.44 bits per heavy atom. The monoisotopic (exact) mass is 557 g/mol. The number of rotatable bonds is 5. The highest BCUT2D eigenvalue weighted by atomic mass is 35.5. The Bertz CT molecular complexity index is 1580. The lowest BCUT2D eigenvalue weighted by molar-refractivity contribution is -0.191. The van der Waals surface area contributed by atoms with Crippen LogP contribution < -0.4 is 0 Å². The van der Waals surface area contributed by atoms with Gasteiger partial charge in [0.25, 0.3) is 0 Å². The average molecular weight is 559 g/mol. The maximum Gasteiger partial charge on any atom is 0.373 e. The van der Waals surface area contributed by atoms with Crippen molar-refractivity contribution in [2.75, 3.05) is 0 Å². The highest BCUT2D eigenvalue weighted by Gasteiger charge is 2.20. The molecule has 7 nitrogen and oxygen atoms in total. The van der Waals surface area contributed by atoms with Gasteiger partial charge in [-0.25, -0.2) is 14.6 Å². The first-order valence-corrected chi connectivity index (χ1v) is 13.3. The van der Waals surface area contributed by atoms with Crippen molar-refractivity contribution >= 4 is 63.5 Å². The second-order valence-corrected chi connectivity index (χ2v) is 11.7. The predicted octanol–water partition coefficient (Wildman–Crippen LogP) is 7.08. The third kappa shape index (κ3) is 5.26. The van der Waals surface area contributed by atoms with Crippen molar-refractivity contribution in [2.45, 2.75) is 30.2 Å². The number of fused-ring (bicyclic) bond motifs is 1. The van der Waals surface area contributed by atoms with Crippen molar-refractivity contribution in [1.29, 1.82) is 0 Å². The first kappa shape index (κ1) is 26.1. The fraction of sp³-hybridized carbons (Fsp3) is 0.200. The molecule has 3 heterocycles. The van der Waals surface area contributed by atoms with E-state index in [-0.39, 0.29) is 6.15 Å². The fourth-order valence-corrected chi connectivity index (χ4v) is 6.42. The molecule has 0 bridgehead atoms. The number of aryl methyl sites for hydroxylation is 2. The number of imidazole rings is 1. The average Bonchev–Trinajstić information content (AvgIpc) is 3.51. The van der Waals surface area contributed by atoms with Crippen LogP contribution in [0.1, 0.15) is 19.5 Å². The van der Waals surface area contributed by atoms with Crippen LogP contribution in [-0.2, 0) is 16.6 Å². The quantitative estimate of drug-likeness (QED) is 0.214. The fourth-order valence-electron chi connectivity index (χ4n) is 3.68. The zero-order valence-electron chi connectivity index (χ0n) is 19.8. The molecule has 3 aromatic heterocycles. The molecule has 2 aromatic carbocycles. The number of thiazole rings is 1. The van der Waals surface area contributed by atoms with Crippen molar-refractivity contribution in [3.05, 3.63) is 64.4 Å². The van der Waals surface area contributed by atoms with Gasteiger partial charge >= 0.3 is 6.15 Å². The first-order chi connectivity index (χ1) is 17.2. The molecule has 184 valence electrons. The largest absolute Gasteiger partial charge is 0.373 e. The molecule has 0 unspecified atom stereocenters. The molecule has 0 radical (unpaired) electrons. The number of nitrogens with zero attached hydrogens (tertiary/aromatic N) is 5. The van der Waals surface area contributed by atoms with Gasteiger partial charge in [0.05, 0.1) is 42.2 Å². The number of carbonyl (C=O) groups excluding carboxylic acids is 2. The van der Waals surface area contributed by atoms with Crippen molar-refractivity contribution < 1.29 is 9.59 Å². The summed E-state index contributed by atoms with van der Waals surface area (Å²) in [5.41, 5.74) is 5.77. The van der Waals surface area contributed by atoms with Crippen molar-refractivity contribution in [3.8, 4) is 27.8 Å². The van der Waals surface area contributed by atoms with E-state index in [2.05, 4.69) is 24.5 Å². The Labute approximate surface area is 226 Å². The summed E-state index contributed by atoms with van der Waals surface area (Å²) in [6.45, 7) is 6.34. The summed E-state index contributed by atoms with van der Waals surface area (Å²) < 4.78 is 5.07. The summed E-state index contributed by atoms with van der Waals surface area (Å²) in [6, 6.07) is 13.8. The molecule has 0 aliphatic carbocycles. The summed E-state index contributed by atoms with van der Waals surface area (Å²) in [6.07, 6.45) is 2.26. The lowest BCUT2D eigenvalue weighted by Gasteiger charge is -2.05. The van der Waals surface area contributed by atoms with Gasteiger partial charge in [-0.05, 0) is 31.2 Å². The van der Waals surface area contributed by atoms with Crippen LogP contribution in [0.5, 0.6) is 0 Å². The van der Waals surface area contributed by atoms with E-state index in [4.69, 9.17) is 47.9 Å². The Kier molecular flexibility index (Phi) is 7.97. The number of thioether (sulfide) groups is 1. The third-order valence-electron chi connectivity index (χ3n) is 5.24. The van der Waals surface area contributed by atoms with E-state index in [0.29, 0.717) is 15.3 Å². The van der Waals surface area contributed by atoms with E-state index in [1.807, 2.05) is 61.2 Å². The van der Waals surface area contributed by atoms with Crippen LogP contribution in [0.15, 0.2) is 52.9 Å². The van der Waals surface area contributed by atoms with E-state index in [0.717, 1.165) is 48.7 Å². The standard InChI is InChI=1S/C24H21Cl2N5S2.CO2/c1-13(2)32-23-21(15-9-10-17(25)18(26)11-15)28-24(33-23)31-12-16(14(3)29-31)22-27-19-7-5-6-8-20(19)30(22)4;2-1-3/h5-13H,1-4H3;. The molecule has 5 rings (SSSR count). The van der Waals surface area contributed by atoms with Crippen LogP contribution in [0, 0.1) is 6.92 Å². The Morgan fingerprint density at radius 2 is 1.78 bits per heavy atom. The molecule has 0 saturated carbocycles. The highest BCUT2D eigenvalue weighted by Crippen LogP contribution is 2.41. The number of halogens is 2. The minimum absolute atomic E-state index is 0.250. The van der Waals surface area contributed by atoms with E-state index < -0.39 is 0 Å². The predicted molar refractivity (Wildman–Crippen MR) is 145 cm³/mol. The summed E-state index contributed by atoms with van der Waals surface area (Å²) in [7, 11) is 2.03. The molecule has 11 heteroatoms. The smallest absolute Gasteiger partial charge is 0.327 e. The Hall–Kier alpha value is -2.94. The summed E-state index contributed by atoms with van der Waals surface area (Å²) >= 11 is 15.8. The number of hydrogen-bond acceptors (Lipinski definition) is 7. The van der Waals surface area contributed by atoms with Crippen LogP contribution in [0.2, 0.25) is 10.0 Å². The van der Waals surface area contributed by atoms with Gasteiger partial charge in [0.15, 0.2) is 0 Å². The van der Waals surface area contributed by atoms with Crippen molar-refractivity contribution in [3.63, 3.8) is 0 Å². The molecule has 0 aliphatic heterocycles. The first-order valence-electron chi connectivity index (χ1n) is 10.8. The van der Waals surface area contributed by atoms with Gasteiger partial charge in [-0.1, -0.05) is 66.6 Å². The Morgan fingerprint density at radius 1 is 1.06 bits per heavy atom. The normalized spacial score (nSPS) is 11.0. The van der Waals surface area contributed by atoms with Crippen molar-refractivity contribution in [1.82, 2.24) is 24.3 Å². The van der Waals surface area contributed by atoms with E-state index >= 15 is 0 Å². The maximum atomic E-state index is 8.12. The second-order valence-electron chi connectivity index (χ2n) is 8.07. The van der Waals surface area contributed by atoms with Crippen LogP contribution >= 0.6 is 46.3 Å². The number of benzene rings is 2. The molecular weight excluding hydrogens is 537 g/mol. The molecule has 0 atom stereocenters. The number of aromatic nitrogens is 5. The van der Waals surface area contributed by atoms with Gasteiger partial charge < -0.3 is 4.57 Å². The highest BCUT2D eigenvalue weighted by molar-refractivity contribution is 8.01. The molecule has 0 aliphatic rings. The molecule has 0 spiro atoms. The van der Waals surface area contributed by atoms with Crippen LogP contribution in [0.25, 0.3) is 38.8 Å². The minimum Gasteiger partial charge on any atom is -0.327 e. The minimum atomic E-state index is 0.250.